The first-order valence-corrected chi connectivity index (χ1v) is 8.85. The van der Waals surface area contributed by atoms with E-state index >= 15 is 0 Å². The van der Waals surface area contributed by atoms with Crippen molar-refractivity contribution in [1.29, 1.82) is 0 Å². The van der Waals surface area contributed by atoms with Crippen LogP contribution in [0.4, 0.5) is 0 Å². The Morgan fingerprint density at radius 2 is 1.71 bits per heavy atom. The minimum absolute atomic E-state index is 0.245. The molecule has 0 spiro atoms. The summed E-state index contributed by atoms with van der Waals surface area (Å²) in [7, 11) is 0. The fraction of sp³-hybridized carbons (Fsp3) is 0.368. The molecule has 2 unspecified atom stereocenters. The van der Waals surface area contributed by atoms with Gasteiger partial charge >= 0.3 is 0 Å². The highest BCUT2D eigenvalue weighted by atomic mass is 35.5. The molecule has 24 heavy (non-hydrogen) atoms. The van der Waals surface area contributed by atoms with Gasteiger partial charge in [0.2, 0.25) is 0 Å². The topological polar surface area (TPSA) is 41.5 Å². The van der Waals surface area contributed by atoms with Crippen LogP contribution in [0.25, 0.3) is 11.1 Å². The van der Waals surface area contributed by atoms with Crippen molar-refractivity contribution >= 4 is 23.2 Å². The second-order valence-electron chi connectivity index (χ2n) is 6.18. The molecule has 0 saturated heterocycles. The predicted octanol–water partition coefficient (Wildman–Crippen LogP) is 3.88. The van der Waals surface area contributed by atoms with Gasteiger partial charge in [-0.05, 0) is 29.7 Å². The predicted molar refractivity (Wildman–Crippen MR) is 98.8 cm³/mol. The highest BCUT2D eigenvalue weighted by Gasteiger charge is 2.50. The number of hydrogen-bond acceptors (Lipinski definition) is 3. The molecule has 2 aromatic rings. The van der Waals surface area contributed by atoms with E-state index in [0.29, 0.717) is 6.54 Å². The minimum atomic E-state index is -0.574. The second kappa shape index (κ2) is 7.75. The van der Waals surface area contributed by atoms with Crippen molar-refractivity contribution in [2.45, 2.75) is 16.9 Å². The minimum Gasteiger partial charge on any atom is -0.491 e. The van der Waals surface area contributed by atoms with Crippen LogP contribution in [-0.2, 0) is 0 Å². The number of aliphatic hydroxyl groups excluding tert-OH is 1. The summed E-state index contributed by atoms with van der Waals surface area (Å²) >= 11 is 11.9. The molecule has 3 nitrogen and oxygen atoms in total. The van der Waals surface area contributed by atoms with Crippen molar-refractivity contribution in [3.05, 3.63) is 54.6 Å². The van der Waals surface area contributed by atoms with Crippen LogP contribution >= 0.6 is 23.2 Å². The lowest BCUT2D eigenvalue weighted by Crippen LogP contribution is -2.33. The van der Waals surface area contributed by atoms with E-state index in [4.69, 9.17) is 27.9 Å². The highest BCUT2D eigenvalue weighted by Crippen LogP contribution is 2.52. The van der Waals surface area contributed by atoms with E-state index in [9.17, 15) is 5.11 Å². The number of hydrogen-bond donors (Lipinski definition) is 2. The van der Waals surface area contributed by atoms with Gasteiger partial charge in [0.25, 0.3) is 0 Å². The van der Waals surface area contributed by atoms with E-state index in [0.717, 1.165) is 24.3 Å². The van der Waals surface area contributed by atoms with Gasteiger partial charge in [-0.2, -0.15) is 0 Å². The fourth-order valence-corrected chi connectivity index (χ4v) is 3.07. The average molecular weight is 366 g/mol. The maximum absolute atomic E-state index is 9.95. The van der Waals surface area contributed by atoms with Gasteiger partial charge in [-0.3, -0.25) is 0 Å². The van der Waals surface area contributed by atoms with Gasteiger partial charge in [0.15, 0.2) is 0 Å². The lowest BCUT2D eigenvalue weighted by molar-refractivity contribution is 0.106. The quantitative estimate of drug-likeness (QED) is 0.697. The summed E-state index contributed by atoms with van der Waals surface area (Å²) in [4.78, 5) is 0. The van der Waals surface area contributed by atoms with Crippen LogP contribution in [0.15, 0.2) is 54.6 Å². The third-order valence-corrected chi connectivity index (χ3v) is 5.06. The third kappa shape index (κ3) is 4.87. The lowest BCUT2D eigenvalue weighted by atomic mass is 10.1. The van der Waals surface area contributed by atoms with Crippen molar-refractivity contribution in [3.63, 3.8) is 0 Å². The van der Waals surface area contributed by atoms with Crippen molar-refractivity contribution in [2.24, 2.45) is 5.92 Å². The third-order valence-electron chi connectivity index (χ3n) is 4.13. The maximum Gasteiger partial charge on any atom is 0.122 e. The molecular formula is C19H21Cl2NO2. The molecule has 0 bridgehead atoms. The summed E-state index contributed by atoms with van der Waals surface area (Å²) in [6.07, 6.45) is 0.237. The first-order valence-electron chi connectivity index (χ1n) is 8.09. The van der Waals surface area contributed by atoms with Crippen molar-refractivity contribution in [2.75, 3.05) is 19.7 Å². The Hall–Kier alpha value is -1.26. The van der Waals surface area contributed by atoms with Crippen LogP contribution in [0.3, 0.4) is 0 Å². The molecule has 0 amide bonds. The molecule has 2 aromatic carbocycles. The van der Waals surface area contributed by atoms with Gasteiger partial charge < -0.3 is 15.2 Å². The monoisotopic (exact) mass is 365 g/mol. The molecule has 1 aliphatic carbocycles. The number of halogens is 2. The molecule has 1 aliphatic rings. The Bertz CT molecular complexity index is 646. The van der Waals surface area contributed by atoms with Gasteiger partial charge in [0.05, 0.1) is 0 Å². The zero-order chi connectivity index (χ0) is 17.0. The SMILES string of the molecule is OC(CNCC1CC1(Cl)Cl)COc1ccc(-c2ccccc2)cc1. The van der Waals surface area contributed by atoms with Crippen LogP contribution < -0.4 is 10.1 Å². The summed E-state index contributed by atoms with van der Waals surface area (Å²) in [6, 6.07) is 18.0. The Morgan fingerprint density at radius 3 is 2.33 bits per heavy atom. The number of rotatable bonds is 8. The molecule has 3 rings (SSSR count). The molecule has 128 valence electrons. The molecule has 5 heteroatoms. The zero-order valence-electron chi connectivity index (χ0n) is 13.3. The van der Waals surface area contributed by atoms with Gasteiger partial charge in [-0.1, -0.05) is 42.5 Å². The van der Waals surface area contributed by atoms with Gasteiger partial charge in [-0.25, -0.2) is 0 Å². The van der Waals surface area contributed by atoms with Crippen molar-refractivity contribution in [1.82, 2.24) is 5.32 Å². The largest absolute Gasteiger partial charge is 0.491 e. The first kappa shape index (κ1) is 17.6. The Morgan fingerprint density at radius 1 is 1.08 bits per heavy atom. The normalized spacial score (nSPS) is 19.7. The number of ether oxygens (including phenoxy) is 1. The van der Waals surface area contributed by atoms with Crippen LogP contribution in [0, 0.1) is 5.92 Å². The summed E-state index contributed by atoms with van der Waals surface area (Å²) in [5, 5.41) is 13.1. The number of nitrogens with one attached hydrogen (secondary N) is 1. The molecule has 2 N–H and O–H groups in total. The van der Waals surface area contributed by atoms with E-state index in [2.05, 4.69) is 17.4 Å². The fourth-order valence-electron chi connectivity index (χ4n) is 2.54. The summed E-state index contributed by atoms with van der Waals surface area (Å²) < 4.78 is 5.06. The van der Waals surface area contributed by atoms with Gasteiger partial charge in [0.1, 0.15) is 22.8 Å². The second-order valence-corrected chi connectivity index (χ2v) is 7.72. The standard InChI is InChI=1S/C19H21Cl2NO2/c20-19(21)10-16(19)11-22-12-17(23)13-24-18-8-6-15(7-9-18)14-4-2-1-3-5-14/h1-9,16-17,22-23H,10-13H2. The summed E-state index contributed by atoms with van der Waals surface area (Å²) in [5.41, 5.74) is 2.31. The zero-order valence-corrected chi connectivity index (χ0v) is 14.8. The molecular weight excluding hydrogens is 345 g/mol. The lowest BCUT2D eigenvalue weighted by Gasteiger charge is -2.13. The number of benzene rings is 2. The Labute approximate surface area is 152 Å². The average Bonchev–Trinajstić information content (AvgIpc) is 3.21. The van der Waals surface area contributed by atoms with Crippen molar-refractivity contribution < 1.29 is 9.84 Å². The van der Waals surface area contributed by atoms with E-state index in [1.165, 1.54) is 5.56 Å². The first-order chi connectivity index (χ1) is 11.5. The van der Waals surface area contributed by atoms with E-state index in [1.807, 2.05) is 42.5 Å². The Balaban J connectivity index is 1.40. The van der Waals surface area contributed by atoms with Crippen LogP contribution in [0.5, 0.6) is 5.75 Å². The molecule has 0 aliphatic heterocycles. The molecule has 0 heterocycles. The molecule has 2 atom stereocenters. The van der Waals surface area contributed by atoms with Crippen molar-refractivity contribution in [3.8, 4) is 16.9 Å². The molecule has 1 fully saturated rings. The van der Waals surface area contributed by atoms with Gasteiger partial charge in [-0.15, -0.1) is 23.2 Å². The highest BCUT2D eigenvalue weighted by molar-refractivity contribution is 6.50. The molecule has 0 radical (unpaired) electrons. The smallest absolute Gasteiger partial charge is 0.122 e. The van der Waals surface area contributed by atoms with E-state index < -0.39 is 10.4 Å². The summed E-state index contributed by atoms with van der Waals surface area (Å²) in [6.45, 7) is 1.42. The number of aliphatic hydroxyl groups is 1. The molecule has 0 aromatic heterocycles. The van der Waals surface area contributed by atoms with Crippen LogP contribution in [0.2, 0.25) is 0 Å². The maximum atomic E-state index is 9.95. The summed E-state index contributed by atoms with van der Waals surface area (Å²) in [5.74, 6) is 1.02. The van der Waals surface area contributed by atoms with E-state index in [-0.39, 0.29) is 12.5 Å². The van der Waals surface area contributed by atoms with Crippen LogP contribution in [-0.4, -0.2) is 35.2 Å². The molecule has 1 saturated carbocycles. The van der Waals surface area contributed by atoms with Gasteiger partial charge in [0, 0.05) is 19.0 Å². The Kier molecular flexibility index (Phi) is 5.67. The number of alkyl halides is 2. The van der Waals surface area contributed by atoms with Crippen LogP contribution in [0.1, 0.15) is 6.42 Å². The van der Waals surface area contributed by atoms with E-state index in [1.54, 1.807) is 0 Å².